The smallest absolute Gasteiger partial charge is 0.243 e. The second-order valence-corrected chi connectivity index (χ2v) is 10.5. The number of halogens is 1. The van der Waals surface area contributed by atoms with Gasteiger partial charge in [-0.25, -0.2) is 12.8 Å². The molecule has 0 saturated carbocycles. The van der Waals surface area contributed by atoms with Crippen molar-refractivity contribution in [3.05, 3.63) is 66.0 Å². The van der Waals surface area contributed by atoms with Gasteiger partial charge in [0.1, 0.15) is 11.9 Å². The Kier molecular flexibility index (Phi) is 8.20. The lowest BCUT2D eigenvalue weighted by molar-refractivity contribution is -0.132. The first kappa shape index (κ1) is 24.9. The van der Waals surface area contributed by atoms with Crippen LogP contribution in [0.3, 0.4) is 0 Å². The zero-order valence-electron chi connectivity index (χ0n) is 18.8. The highest BCUT2D eigenvalue weighted by molar-refractivity contribution is 7.89. The second-order valence-electron chi connectivity index (χ2n) is 8.59. The van der Waals surface area contributed by atoms with E-state index in [2.05, 4.69) is 10.6 Å². The SMILES string of the molecule is CC(C)[C@@H](NC(=O)[C@@H]1CCCN(S(=O)(=O)c2ccc(F)cc2)C1)C(=O)NCc1ccccc1. The number of nitrogens with one attached hydrogen (secondary N) is 2. The Hall–Kier alpha value is -2.78. The molecule has 1 aliphatic rings. The highest BCUT2D eigenvalue weighted by Gasteiger charge is 2.35. The van der Waals surface area contributed by atoms with E-state index in [1.165, 1.54) is 16.4 Å². The molecule has 1 fully saturated rings. The Labute approximate surface area is 194 Å². The molecule has 0 unspecified atom stereocenters. The fourth-order valence-corrected chi connectivity index (χ4v) is 5.36. The van der Waals surface area contributed by atoms with Crippen LogP contribution < -0.4 is 10.6 Å². The topological polar surface area (TPSA) is 95.6 Å². The molecule has 2 atom stereocenters. The Bertz CT molecular complexity index is 1060. The number of amides is 2. The minimum absolute atomic E-state index is 0.00898. The molecule has 3 rings (SSSR count). The van der Waals surface area contributed by atoms with Gasteiger partial charge in [0.2, 0.25) is 21.8 Å². The number of nitrogens with zero attached hydrogens (tertiary/aromatic N) is 1. The standard InChI is InChI=1S/C24H30FN3O4S/c1-17(2)22(24(30)26-15-18-7-4-3-5-8-18)27-23(29)19-9-6-14-28(16-19)33(31,32)21-12-10-20(25)11-13-21/h3-5,7-8,10-13,17,19,22H,6,9,14-16H2,1-2H3,(H,26,30)(H,27,29)/t19-,22-/m1/s1. The second kappa shape index (κ2) is 10.9. The van der Waals surface area contributed by atoms with Gasteiger partial charge in [-0.3, -0.25) is 9.59 Å². The highest BCUT2D eigenvalue weighted by Crippen LogP contribution is 2.24. The zero-order valence-corrected chi connectivity index (χ0v) is 19.6. The summed E-state index contributed by atoms with van der Waals surface area (Å²) in [6.45, 7) is 4.35. The molecule has 0 radical (unpaired) electrons. The predicted octanol–water partition coefficient (Wildman–Crippen LogP) is 2.68. The molecule has 2 aromatic carbocycles. The van der Waals surface area contributed by atoms with Crippen LogP contribution in [0.15, 0.2) is 59.5 Å². The zero-order chi connectivity index (χ0) is 24.0. The minimum Gasteiger partial charge on any atom is -0.350 e. The molecule has 33 heavy (non-hydrogen) atoms. The third-order valence-electron chi connectivity index (χ3n) is 5.76. The van der Waals surface area contributed by atoms with E-state index in [9.17, 15) is 22.4 Å². The van der Waals surface area contributed by atoms with E-state index in [0.29, 0.717) is 19.4 Å². The van der Waals surface area contributed by atoms with Gasteiger partial charge in [-0.2, -0.15) is 4.31 Å². The Morgan fingerprint density at radius 3 is 2.39 bits per heavy atom. The van der Waals surface area contributed by atoms with Crippen molar-refractivity contribution in [1.29, 1.82) is 0 Å². The third kappa shape index (κ3) is 6.39. The maximum atomic E-state index is 13.2. The van der Waals surface area contributed by atoms with Gasteiger partial charge in [0, 0.05) is 19.6 Å². The lowest BCUT2D eigenvalue weighted by Crippen LogP contribution is -2.53. The van der Waals surface area contributed by atoms with Crippen LogP contribution >= 0.6 is 0 Å². The largest absolute Gasteiger partial charge is 0.350 e. The first-order valence-corrected chi connectivity index (χ1v) is 12.5. The quantitative estimate of drug-likeness (QED) is 0.614. The van der Waals surface area contributed by atoms with E-state index < -0.39 is 27.8 Å². The molecule has 1 aliphatic heterocycles. The molecule has 2 N–H and O–H groups in total. The van der Waals surface area contributed by atoms with Crippen molar-refractivity contribution in [1.82, 2.24) is 14.9 Å². The maximum absolute atomic E-state index is 13.2. The molecule has 0 bridgehead atoms. The van der Waals surface area contributed by atoms with Crippen molar-refractivity contribution in [2.45, 2.75) is 44.2 Å². The predicted molar refractivity (Wildman–Crippen MR) is 123 cm³/mol. The average molecular weight is 476 g/mol. The van der Waals surface area contributed by atoms with Crippen molar-refractivity contribution in [2.75, 3.05) is 13.1 Å². The lowest BCUT2D eigenvalue weighted by atomic mass is 9.96. The Balaban J connectivity index is 1.63. The van der Waals surface area contributed by atoms with Crippen molar-refractivity contribution in [3.63, 3.8) is 0 Å². The summed E-state index contributed by atoms with van der Waals surface area (Å²) in [5.41, 5.74) is 0.952. The summed E-state index contributed by atoms with van der Waals surface area (Å²) >= 11 is 0. The molecule has 0 aromatic heterocycles. The van der Waals surface area contributed by atoms with Crippen LogP contribution in [0.1, 0.15) is 32.3 Å². The summed E-state index contributed by atoms with van der Waals surface area (Å²) in [4.78, 5) is 25.7. The van der Waals surface area contributed by atoms with E-state index in [-0.39, 0.29) is 35.7 Å². The van der Waals surface area contributed by atoms with Gasteiger partial charge in [0.15, 0.2) is 0 Å². The number of benzene rings is 2. The van der Waals surface area contributed by atoms with Crippen molar-refractivity contribution in [2.24, 2.45) is 11.8 Å². The first-order valence-electron chi connectivity index (χ1n) is 11.1. The molecular weight excluding hydrogens is 445 g/mol. The summed E-state index contributed by atoms with van der Waals surface area (Å²) in [5, 5.41) is 5.68. The number of carbonyl (C=O) groups excluding carboxylic acids is 2. The molecule has 1 saturated heterocycles. The summed E-state index contributed by atoms with van der Waals surface area (Å²) in [5.74, 6) is -1.86. The van der Waals surface area contributed by atoms with E-state index in [0.717, 1.165) is 17.7 Å². The average Bonchev–Trinajstić information content (AvgIpc) is 2.81. The summed E-state index contributed by atoms with van der Waals surface area (Å²) in [6.07, 6.45) is 1.04. The monoisotopic (exact) mass is 475 g/mol. The minimum atomic E-state index is -3.84. The molecule has 1 heterocycles. The van der Waals surface area contributed by atoms with Crippen LogP contribution in [-0.2, 0) is 26.2 Å². The summed E-state index contributed by atoms with van der Waals surface area (Å²) in [7, 11) is -3.84. The molecule has 0 spiro atoms. The van der Waals surface area contributed by atoms with E-state index in [4.69, 9.17) is 0 Å². The number of sulfonamides is 1. The van der Waals surface area contributed by atoms with Crippen molar-refractivity contribution >= 4 is 21.8 Å². The van der Waals surface area contributed by atoms with Crippen LogP contribution in [0.5, 0.6) is 0 Å². The fourth-order valence-electron chi connectivity index (χ4n) is 3.83. The van der Waals surface area contributed by atoms with Crippen LogP contribution in [-0.4, -0.2) is 43.7 Å². The molecular formula is C24H30FN3O4S. The van der Waals surface area contributed by atoms with Crippen LogP contribution in [0.4, 0.5) is 4.39 Å². The summed E-state index contributed by atoms with van der Waals surface area (Å²) < 4.78 is 40.3. The summed E-state index contributed by atoms with van der Waals surface area (Å²) in [6, 6.07) is 13.4. The van der Waals surface area contributed by atoms with Crippen molar-refractivity contribution < 1.29 is 22.4 Å². The Morgan fingerprint density at radius 1 is 1.09 bits per heavy atom. The van der Waals surface area contributed by atoms with Crippen LogP contribution in [0.2, 0.25) is 0 Å². The van der Waals surface area contributed by atoms with Crippen LogP contribution in [0, 0.1) is 17.7 Å². The fraction of sp³-hybridized carbons (Fsp3) is 0.417. The molecule has 2 amide bonds. The molecule has 178 valence electrons. The molecule has 2 aromatic rings. The normalized spacial score (nSPS) is 18.0. The lowest BCUT2D eigenvalue weighted by Gasteiger charge is -2.32. The number of rotatable bonds is 8. The van der Waals surface area contributed by atoms with Gasteiger partial charge in [-0.1, -0.05) is 44.2 Å². The van der Waals surface area contributed by atoms with E-state index in [1.54, 1.807) is 0 Å². The molecule has 7 nitrogen and oxygen atoms in total. The van der Waals surface area contributed by atoms with Crippen molar-refractivity contribution in [3.8, 4) is 0 Å². The number of hydrogen-bond donors (Lipinski definition) is 2. The van der Waals surface area contributed by atoms with Gasteiger partial charge in [-0.15, -0.1) is 0 Å². The number of carbonyl (C=O) groups is 2. The van der Waals surface area contributed by atoms with Crippen LogP contribution in [0.25, 0.3) is 0 Å². The van der Waals surface area contributed by atoms with E-state index >= 15 is 0 Å². The Morgan fingerprint density at radius 2 is 1.76 bits per heavy atom. The highest BCUT2D eigenvalue weighted by atomic mass is 32.2. The van der Waals surface area contributed by atoms with Gasteiger partial charge in [0.25, 0.3) is 0 Å². The third-order valence-corrected chi connectivity index (χ3v) is 7.64. The molecule has 0 aliphatic carbocycles. The van der Waals surface area contributed by atoms with Gasteiger partial charge in [0.05, 0.1) is 10.8 Å². The van der Waals surface area contributed by atoms with E-state index in [1.807, 2.05) is 44.2 Å². The maximum Gasteiger partial charge on any atom is 0.243 e. The van der Waals surface area contributed by atoms with Gasteiger partial charge >= 0.3 is 0 Å². The molecule has 9 heteroatoms. The number of piperidine rings is 1. The first-order chi connectivity index (χ1) is 15.7. The number of hydrogen-bond acceptors (Lipinski definition) is 4. The van der Waals surface area contributed by atoms with Gasteiger partial charge in [-0.05, 0) is 48.6 Å². The van der Waals surface area contributed by atoms with Gasteiger partial charge < -0.3 is 10.6 Å².